The SMILES string of the molecule is COC(=S)NC/C(N)=C/Nc1ccc(-n2cnc(C(N)=O)c2)c(F)c1. The minimum Gasteiger partial charge on any atom is -0.474 e. The van der Waals surface area contributed by atoms with Gasteiger partial charge in [0.05, 0.1) is 19.3 Å². The van der Waals surface area contributed by atoms with Crippen molar-refractivity contribution in [2.75, 3.05) is 19.0 Å². The molecule has 0 atom stereocenters. The lowest BCUT2D eigenvalue weighted by Gasteiger charge is -2.09. The summed E-state index contributed by atoms with van der Waals surface area (Å²) in [5.41, 5.74) is 12.1. The lowest BCUT2D eigenvalue weighted by Crippen LogP contribution is -2.27. The second-order valence-electron chi connectivity index (χ2n) is 4.91. The number of hydrogen-bond acceptors (Lipinski definition) is 6. The topological polar surface area (TPSA) is 120 Å². The first-order chi connectivity index (χ1) is 11.9. The summed E-state index contributed by atoms with van der Waals surface area (Å²) < 4.78 is 20.4. The molecule has 0 aliphatic rings. The van der Waals surface area contributed by atoms with Crippen molar-refractivity contribution in [3.05, 3.63) is 54.1 Å². The standard InChI is InChI=1S/C15H17FN6O2S/c1-24-15(25)20-6-9(17)5-19-10-2-3-13(11(16)4-10)22-7-12(14(18)23)21-8-22/h2-5,7-8,19H,6,17H2,1H3,(H2,18,23)(H,20,25)/b9-5-. The van der Waals surface area contributed by atoms with Crippen molar-refractivity contribution in [3.8, 4) is 5.69 Å². The minimum absolute atomic E-state index is 0.0544. The molecule has 0 spiro atoms. The number of halogens is 1. The highest BCUT2D eigenvalue weighted by Gasteiger charge is 2.09. The fraction of sp³-hybridized carbons (Fsp3) is 0.133. The van der Waals surface area contributed by atoms with Crippen molar-refractivity contribution in [3.63, 3.8) is 0 Å². The number of carbonyl (C=O) groups excluding carboxylic acids is 1. The number of thiocarbonyl (C=S) groups is 1. The number of anilines is 1. The Morgan fingerprint density at radius 3 is 2.84 bits per heavy atom. The van der Waals surface area contributed by atoms with E-state index in [0.717, 1.165) is 0 Å². The molecule has 0 saturated heterocycles. The molecule has 6 N–H and O–H groups in total. The number of nitrogens with one attached hydrogen (secondary N) is 2. The Bertz CT molecular complexity index is 820. The summed E-state index contributed by atoms with van der Waals surface area (Å²) in [5.74, 6) is -1.19. The number of benzene rings is 1. The maximum Gasteiger partial charge on any atom is 0.268 e. The Balaban J connectivity index is 2.06. The van der Waals surface area contributed by atoms with Crippen LogP contribution in [0.15, 0.2) is 42.6 Å². The summed E-state index contributed by atoms with van der Waals surface area (Å²) in [7, 11) is 1.45. The predicted molar refractivity (Wildman–Crippen MR) is 95.5 cm³/mol. The number of amides is 1. The molecule has 8 nitrogen and oxygen atoms in total. The first kappa shape index (κ1) is 18.2. The van der Waals surface area contributed by atoms with Crippen LogP contribution in [-0.2, 0) is 4.74 Å². The first-order valence-electron chi connectivity index (χ1n) is 7.07. The second-order valence-corrected chi connectivity index (χ2v) is 5.28. The Labute approximate surface area is 148 Å². The highest BCUT2D eigenvalue weighted by Crippen LogP contribution is 2.18. The fourth-order valence-corrected chi connectivity index (χ4v) is 1.93. The van der Waals surface area contributed by atoms with E-state index in [1.54, 1.807) is 6.07 Å². The number of nitrogens with zero attached hydrogens (tertiary/aromatic N) is 2. The molecular formula is C15H17FN6O2S. The first-order valence-corrected chi connectivity index (χ1v) is 7.48. The summed E-state index contributed by atoms with van der Waals surface area (Å²) >= 11 is 4.82. The Kier molecular flexibility index (Phi) is 5.90. The van der Waals surface area contributed by atoms with Crippen molar-refractivity contribution in [2.45, 2.75) is 0 Å². The zero-order chi connectivity index (χ0) is 18.4. The molecule has 0 fully saturated rings. The molecule has 1 aromatic carbocycles. The molecule has 0 aliphatic carbocycles. The smallest absolute Gasteiger partial charge is 0.268 e. The zero-order valence-corrected chi connectivity index (χ0v) is 14.1. The van der Waals surface area contributed by atoms with Crippen LogP contribution in [0, 0.1) is 5.82 Å². The number of primary amides is 1. The van der Waals surface area contributed by atoms with E-state index in [-0.39, 0.29) is 23.1 Å². The van der Waals surface area contributed by atoms with Gasteiger partial charge in [-0.2, -0.15) is 0 Å². The molecular weight excluding hydrogens is 347 g/mol. The van der Waals surface area contributed by atoms with E-state index in [1.807, 2.05) is 0 Å². The summed E-state index contributed by atoms with van der Waals surface area (Å²) in [4.78, 5) is 14.9. The number of rotatable bonds is 6. The van der Waals surface area contributed by atoms with Crippen molar-refractivity contribution < 1.29 is 13.9 Å². The Hall–Kier alpha value is -3.14. The molecule has 132 valence electrons. The normalized spacial score (nSPS) is 11.0. The van der Waals surface area contributed by atoms with E-state index in [2.05, 4.69) is 15.6 Å². The molecule has 0 bridgehead atoms. The Morgan fingerprint density at radius 2 is 2.24 bits per heavy atom. The van der Waals surface area contributed by atoms with Gasteiger partial charge in [0.15, 0.2) is 0 Å². The van der Waals surface area contributed by atoms with Crippen LogP contribution in [0.25, 0.3) is 5.69 Å². The molecule has 1 amide bonds. The number of imidazole rings is 1. The highest BCUT2D eigenvalue weighted by molar-refractivity contribution is 7.80. The average molecular weight is 364 g/mol. The van der Waals surface area contributed by atoms with E-state index in [9.17, 15) is 9.18 Å². The maximum atomic E-state index is 14.3. The van der Waals surface area contributed by atoms with Gasteiger partial charge in [0.2, 0.25) is 0 Å². The lowest BCUT2D eigenvalue weighted by atomic mass is 10.2. The van der Waals surface area contributed by atoms with Gasteiger partial charge in [0.25, 0.3) is 11.1 Å². The monoisotopic (exact) mass is 364 g/mol. The van der Waals surface area contributed by atoms with E-state index in [0.29, 0.717) is 11.4 Å². The number of hydrogen-bond donors (Lipinski definition) is 4. The second kappa shape index (κ2) is 8.11. The Morgan fingerprint density at radius 1 is 1.48 bits per heavy atom. The predicted octanol–water partition coefficient (Wildman–Crippen LogP) is 0.843. The van der Waals surface area contributed by atoms with Gasteiger partial charge >= 0.3 is 0 Å². The molecule has 0 unspecified atom stereocenters. The third-order valence-corrected chi connectivity index (χ3v) is 3.42. The van der Waals surface area contributed by atoms with Gasteiger partial charge < -0.3 is 31.4 Å². The van der Waals surface area contributed by atoms with Gasteiger partial charge in [-0.25, -0.2) is 9.37 Å². The van der Waals surface area contributed by atoms with Crippen LogP contribution in [0.1, 0.15) is 10.5 Å². The number of methoxy groups -OCH3 is 1. The van der Waals surface area contributed by atoms with Crippen LogP contribution in [0.4, 0.5) is 10.1 Å². The highest BCUT2D eigenvalue weighted by atomic mass is 32.1. The molecule has 1 aromatic heterocycles. The third-order valence-electron chi connectivity index (χ3n) is 3.11. The van der Waals surface area contributed by atoms with Gasteiger partial charge in [0.1, 0.15) is 17.8 Å². The molecule has 2 aromatic rings. The van der Waals surface area contributed by atoms with Crippen LogP contribution in [-0.4, -0.2) is 34.3 Å². The summed E-state index contributed by atoms with van der Waals surface area (Å²) in [6.45, 7) is 0.283. The third kappa shape index (κ3) is 4.91. The van der Waals surface area contributed by atoms with E-state index < -0.39 is 11.7 Å². The quantitative estimate of drug-likeness (QED) is 0.561. The summed E-state index contributed by atoms with van der Waals surface area (Å²) in [6, 6.07) is 4.47. The summed E-state index contributed by atoms with van der Waals surface area (Å²) in [5, 5.41) is 5.88. The fourth-order valence-electron chi connectivity index (χ4n) is 1.86. The number of carbonyl (C=O) groups is 1. The average Bonchev–Trinajstić information content (AvgIpc) is 3.07. The summed E-state index contributed by atoms with van der Waals surface area (Å²) in [6.07, 6.45) is 4.19. The van der Waals surface area contributed by atoms with E-state index in [4.69, 9.17) is 28.4 Å². The van der Waals surface area contributed by atoms with Crippen LogP contribution in [0.5, 0.6) is 0 Å². The van der Waals surface area contributed by atoms with E-state index in [1.165, 1.54) is 42.5 Å². The van der Waals surface area contributed by atoms with E-state index >= 15 is 0 Å². The largest absolute Gasteiger partial charge is 0.474 e. The van der Waals surface area contributed by atoms with Gasteiger partial charge in [-0.3, -0.25) is 4.79 Å². The van der Waals surface area contributed by atoms with Crippen molar-refractivity contribution in [2.24, 2.45) is 11.5 Å². The van der Waals surface area contributed by atoms with Gasteiger partial charge in [-0.15, -0.1) is 0 Å². The zero-order valence-electron chi connectivity index (χ0n) is 13.3. The van der Waals surface area contributed by atoms with Crippen molar-refractivity contribution >= 4 is 29.0 Å². The lowest BCUT2D eigenvalue weighted by molar-refractivity contribution is 0.0996. The molecule has 0 radical (unpaired) electrons. The molecule has 2 rings (SSSR count). The maximum absolute atomic E-state index is 14.3. The number of nitrogens with two attached hydrogens (primary N) is 2. The molecule has 25 heavy (non-hydrogen) atoms. The molecule has 0 aliphatic heterocycles. The van der Waals surface area contributed by atoms with Crippen molar-refractivity contribution in [1.29, 1.82) is 0 Å². The van der Waals surface area contributed by atoms with Crippen LogP contribution in [0.2, 0.25) is 0 Å². The number of ether oxygens (including phenoxy) is 1. The molecule has 0 saturated carbocycles. The van der Waals surface area contributed by atoms with Gasteiger partial charge in [0, 0.05) is 23.8 Å². The van der Waals surface area contributed by atoms with Gasteiger partial charge in [-0.05, 0) is 30.4 Å². The van der Waals surface area contributed by atoms with Gasteiger partial charge in [-0.1, -0.05) is 0 Å². The van der Waals surface area contributed by atoms with Crippen LogP contribution < -0.4 is 22.1 Å². The number of aromatic nitrogens is 2. The molecule has 1 heterocycles. The minimum atomic E-state index is -0.681. The van der Waals surface area contributed by atoms with Crippen LogP contribution >= 0.6 is 12.2 Å². The van der Waals surface area contributed by atoms with Crippen LogP contribution in [0.3, 0.4) is 0 Å². The van der Waals surface area contributed by atoms with Crippen molar-refractivity contribution in [1.82, 2.24) is 14.9 Å². The molecule has 10 heteroatoms.